The SMILES string of the molecule is O=C(OCCOc1ccc(Cl)cc1)c1cn2ccccc2n1. The third kappa shape index (κ3) is 3.38. The van der Waals surface area contributed by atoms with Gasteiger partial charge in [0.25, 0.3) is 0 Å². The molecule has 0 bridgehead atoms. The zero-order valence-electron chi connectivity index (χ0n) is 11.6. The van der Waals surface area contributed by atoms with Crippen molar-refractivity contribution in [2.45, 2.75) is 0 Å². The van der Waals surface area contributed by atoms with Crippen LogP contribution in [0.15, 0.2) is 54.9 Å². The molecule has 5 nitrogen and oxygen atoms in total. The summed E-state index contributed by atoms with van der Waals surface area (Å²) in [6.45, 7) is 0.413. The van der Waals surface area contributed by atoms with Crippen molar-refractivity contribution in [3.63, 3.8) is 0 Å². The van der Waals surface area contributed by atoms with Crippen LogP contribution in [0.5, 0.6) is 5.75 Å². The quantitative estimate of drug-likeness (QED) is 0.535. The largest absolute Gasteiger partial charge is 0.490 e. The summed E-state index contributed by atoms with van der Waals surface area (Å²) in [7, 11) is 0. The van der Waals surface area contributed by atoms with Gasteiger partial charge in [-0.2, -0.15) is 0 Å². The third-order valence-corrected chi connectivity index (χ3v) is 3.22. The van der Waals surface area contributed by atoms with Crippen LogP contribution < -0.4 is 4.74 Å². The molecule has 0 saturated heterocycles. The minimum atomic E-state index is -0.469. The molecule has 0 aliphatic rings. The highest BCUT2D eigenvalue weighted by Gasteiger charge is 2.11. The Hall–Kier alpha value is -2.53. The number of imidazole rings is 1. The van der Waals surface area contributed by atoms with Crippen LogP contribution in [0, 0.1) is 0 Å². The summed E-state index contributed by atoms with van der Waals surface area (Å²) in [6, 6.07) is 12.5. The van der Waals surface area contributed by atoms with E-state index in [1.807, 2.05) is 24.4 Å². The average molecular weight is 317 g/mol. The molecule has 2 aromatic heterocycles. The maximum atomic E-state index is 11.9. The van der Waals surface area contributed by atoms with E-state index >= 15 is 0 Å². The second-order valence-electron chi connectivity index (χ2n) is 4.53. The van der Waals surface area contributed by atoms with Gasteiger partial charge in [0.1, 0.15) is 24.6 Å². The van der Waals surface area contributed by atoms with E-state index in [1.54, 1.807) is 34.9 Å². The Bertz CT molecular complexity index is 750. The molecule has 0 aliphatic heterocycles. The molecule has 3 aromatic rings. The van der Waals surface area contributed by atoms with Gasteiger partial charge in [-0.05, 0) is 36.4 Å². The van der Waals surface area contributed by atoms with Crippen LogP contribution in [0.25, 0.3) is 5.65 Å². The monoisotopic (exact) mass is 316 g/mol. The Morgan fingerprint density at radius 3 is 2.73 bits per heavy atom. The molecule has 0 saturated carbocycles. The molecule has 0 unspecified atom stereocenters. The molecule has 3 rings (SSSR count). The van der Waals surface area contributed by atoms with Crippen LogP contribution in [-0.2, 0) is 4.74 Å². The number of carbonyl (C=O) groups excluding carboxylic acids is 1. The van der Waals surface area contributed by atoms with Crippen molar-refractivity contribution in [3.8, 4) is 5.75 Å². The lowest BCUT2D eigenvalue weighted by atomic mass is 10.3. The molecule has 0 fully saturated rings. The molecular formula is C16H13ClN2O3. The second kappa shape index (κ2) is 6.49. The van der Waals surface area contributed by atoms with E-state index in [0.29, 0.717) is 16.4 Å². The van der Waals surface area contributed by atoms with Gasteiger partial charge in [-0.1, -0.05) is 17.7 Å². The molecule has 6 heteroatoms. The van der Waals surface area contributed by atoms with E-state index in [-0.39, 0.29) is 18.9 Å². The molecule has 22 heavy (non-hydrogen) atoms. The van der Waals surface area contributed by atoms with Crippen LogP contribution in [0.2, 0.25) is 5.02 Å². The molecule has 1 aromatic carbocycles. The third-order valence-electron chi connectivity index (χ3n) is 2.97. The number of halogens is 1. The van der Waals surface area contributed by atoms with Crippen LogP contribution in [0.4, 0.5) is 0 Å². The smallest absolute Gasteiger partial charge is 0.358 e. The number of hydrogen-bond acceptors (Lipinski definition) is 4. The Labute approximate surface area is 132 Å². The van der Waals surface area contributed by atoms with Gasteiger partial charge in [-0.3, -0.25) is 0 Å². The van der Waals surface area contributed by atoms with Gasteiger partial charge in [0.15, 0.2) is 5.69 Å². The number of fused-ring (bicyclic) bond motifs is 1. The molecule has 112 valence electrons. The van der Waals surface area contributed by atoms with Crippen molar-refractivity contribution >= 4 is 23.2 Å². The van der Waals surface area contributed by atoms with Gasteiger partial charge < -0.3 is 13.9 Å². The summed E-state index contributed by atoms with van der Waals surface area (Å²) in [6.07, 6.45) is 3.46. The number of rotatable bonds is 5. The number of aromatic nitrogens is 2. The van der Waals surface area contributed by atoms with E-state index in [9.17, 15) is 4.79 Å². The predicted molar refractivity (Wildman–Crippen MR) is 82.4 cm³/mol. The maximum absolute atomic E-state index is 11.9. The summed E-state index contributed by atoms with van der Waals surface area (Å²) < 4.78 is 12.3. The minimum Gasteiger partial charge on any atom is -0.490 e. The number of nitrogens with zero attached hydrogens (tertiary/aromatic N) is 2. The topological polar surface area (TPSA) is 52.8 Å². The molecule has 2 heterocycles. The zero-order chi connectivity index (χ0) is 15.4. The van der Waals surface area contributed by atoms with Crippen LogP contribution in [0.3, 0.4) is 0 Å². The van der Waals surface area contributed by atoms with Crippen molar-refractivity contribution in [1.29, 1.82) is 0 Å². The Kier molecular flexibility index (Phi) is 4.25. The van der Waals surface area contributed by atoms with Gasteiger partial charge in [0.05, 0.1) is 0 Å². The van der Waals surface area contributed by atoms with E-state index in [1.165, 1.54) is 0 Å². The summed E-state index contributed by atoms with van der Waals surface area (Å²) in [5.74, 6) is 0.205. The Balaban J connectivity index is 1.50. The highest BCUT2D eigenvalue weighted by atomic mass is 35.5. The Morgan fingerprint density at radius 2 is 1.95 bits per heavy atom. The minimum absolute atomic E-state index is 0.148. The first kappa shape index (κ1) is 14.4. The van der Waals surface area contributed by atoms with Gasteiger partial charge in [-0.15, -0.1) is 0 Å². The van der Waals surface area contributed by atoms with E-state index < -0.39 is 5.97 Å². The number of hydrogen-bond donors (Lipinski definition) is 0. The normalized spacial score (nSPS) is 10.6. The molecule has 0 N–H and O–H groups in total. The fourth-order valence-corrected chi connectivity index (χ4v) is 2.06. The average Bonchev–Trinajstić information content (AvgIpc) is 2.97. The first-order valence-corrected chi connectivity index (χ1v) is 7.09. The standard InChI is InChI=1S/C16H13ClN2O3/c17-12-4-6-13(7-5-12)21-9-10-22-16(20)14-11-19-8-2-1-3-15(19)18-14/h1-8,11H,9-10H2. The van der Waals surface area contributed by atoms with E-state index in [4.69, 9.17) is 21.1 Å². The van der Waals surface area contributed by atoms with Gasteiger partial charge in [0.2, 0.25) is 0 Å². The number of ether oxygens (including phenoxy) is 2. The number of carbonyl (C=O) groups is 1. The maximum Gasteiger partial charge on any atom is 0.358 e. The molecule has 0 radical (unpaired) electrons. The lowest BCUT2D eigenvalue weighted by Gasteiger charge is -2.06. The van der Waals surface area contributed by atoms with Gasteiger partial charge in [0, 0.05) is 17.4 Å². The lowest BCUT2D eigenvalue weighted by molar-refractivity contribution is 0.0444. The number of esters is 1. The fraction of sp³-hybridized carbons (Fsp3) is 0.125. The fourth-order valence-electron chi connectivity index (χ4n) is 1.93. The van der Waals surface area contributed by atoms with Crippen molar-refractivity contribution < 1.29 is 14.3 Å². The summed E-state index contributed by atoms with van der Waals surface area (Å²) in [4.78, 5) is 16.1. The predicted octanol–water partition coefficient (Wildman–Crippen LogP) is 3.22. The zero-order valence-corrected chi connectivity index (χ0v) is 12.4. The summed E-state index contributed by atoms with van der Waals surface area (Å²) >= 11 is 5.78. The molecular weight excluding hydrogens is 304 g/mol. The van der Waals surface area contributed by atoms with Crippen molar-refractivity contribution in [1.82, 2.24) is 9.38 Å². The van der Waals surface area contributed by atoms with Gasteiger partial charge in [-0.25, -0.2) is 9.78 Å². The lowest BCUT2D eigenvalue weighted by Crippen LogP contribution is -2.12. The molecule has 0 atom stereocenters. The highest BCUT2D eigenvalue weighted by Crippen LogP contribution is 2.15. The van der Waals surface area contributed by atoms with E-state index in [0.717, 1.165) is 0 Å². The van der Waals surface area contributed by atoms with Crippen molar-refractivity contribution in [2.24, 2.45) is 0 Å². The number of pyridine rings is 1. The first-order chi connectivity index (χ1) is 10.7. The van der Waals surface area contributed by atoms with Crippen LogP contribution in [0.1, 0.15) is 10.5 Å². The molecule has 0 aliphatic carbocycles. The van der Waals surface area contributed by atoms with Crippen LogP contribution in [-0.4, -0.2) is 28.6 Å². The van der Waals surface area contributed by atoms with E-state index in [2.05, 4.69) is 4.98 Å². The summed E-state index contributed by atoms with van der Waals surface area (Å²) in [5.41, 5.74) is 0.976. The van der Waals surface area contributed by atoms with Crippen molar-refractivity contribution in [3.05, 3.63) is 65.6 Å². The summed E-state index contributed by atoms with van der Waals surface area (Å²) in [5, 5.41) is 0.644. The first-order valence-electron chi connectivity index (χ1n) is 6.71. The van der Waals surface area contributed by atoms with Crippen LogP contribution >= 0.6 is 11.6 Å². The van der Waals surface area contributed by atoms with Gasteiger partial charge >= 0.3 is 5.97 Å². The second-order valence-corrected chi connectivity index (χ2v) is 4.97. The number of benzene rings is 1. The Morgan fingerprint density at radius 1 is 1.14 bits per heavy atom. The molecule has 0 spiro atoms. The van der Waals surface area contributed by atoms with Crippen molar-refractivity contribution in [2.75, 3.05) is 13.2 Å². The highest BCUT2D eigenvalue weighted by molar-refractivity contribution is 6.30. The molecule has 0 amide bonds.